The van der Waals surface area contributed by atoms with Crippen LogP contribution in [0.5, 0.6) is 0 Å². The van der Waals surface area contributed by atoms with Crippen molar-refractivity contribution in [1.29, 1.82) is 0 Å². The molecule has 0 bridgehead atoms. The molecule has 0 aliphatic rings. The highest BCUT2D eigenvalue weighted by atomic mass is 16.6. The Morgan fingerprint density at radius 2 is 1.79 bits per heavy atom. The minimum atomic E-state index is -0.668. The molecular weight excluding hydrogens is 312 g/mol. The molecule has 0 saturated carbocycles. The van der Waals surface area contributed by atoms with Gasteiger partial charge in [-0.3, -0.25) is 10.1 Å². The molecule has 0 radical (unpaired) electrons. The van der Waals surface area contributed by atoms with Crippen LogP contribution in [0.2, 0.25) is 0 Å². The lowest BCUT2D eigenvalue weighted by Gasteiger charge is -2.29. The number of nitro benzene ring substituents is 1. The number of hydrogen-bond acceptors (Lipinski definition) is 5. The Hall–Kier alpha value is -2.44. The lowest BCUT2D eigenvalue weighted by atomic mass is 9.85. The zero-order valence-electron chi connectivity index (χ0n) is 14.6. The molecule has 1 aromatic carbocycles. The van der Waals surface area contributed by atoms with Gasteiger partial charge in [0.05, 0.1) is 11.0 Å². The van der Waals surface area contributed by atoms with E-state index in [2.05, 4.69) is 5.32 Å². The van der Waals surface area contributed by atoms with Crippen LogP contribution in [0.15, 0.2) is 24.3 Å². The van der Waals surface area contributed by atoms with E-state index in [1.54, 1.807) is 32.9 Å². The molecule has 0 heterocycles. The molecule has 1 N–H and O–H groups in total. The second-order valence-corrected chi connectivity index (χ2v) is 6.93. The fourth-order valence-corrected chi connectivity index (χ4v) is 2.26. The number of nitrogens with one attached hydrogen (secondary N) is 1. The van der Waals surface area contributed by atoms with E-state index in [-0.39, 0.29) is 11.6 Å². The molecule has 0 fully saturated rings. The first kappa shape index (κ1) is 19.6. The van der Waals surface area contributed by atoms with Crippen molar-refractivity contribution in [1.82, 2.24) is 5.32 Å². The largest absolute Gasteiger partial charge is 0.444 e. The highest BCUT2D eigenvalue weighted by molar-refractivity contribution is 5.70. The van der Waals surface area contributed by atoms with Gasteiger partial charge in [0.2, 0.25) is 0 Å². The number of benzene rings is 1. The molecule has 0 aliphatic carbocycles. The molecule has 0 spiro atoms. The molecule has 1 rings (SSSR count). The van der Waals surface area contributed by atoms with Crippen molar-refractivity contribution in [2.75, 3.05) is 0 Å². The van der Waals surface area contributed by atoms with Crippen LogP contribution in [0.25, 0.3) is 0 Å². The SMILES string of the molecule is CC(C)[C@@H](C=O)[C@H](NC(=O)OC(C)(C)C)c1ccc([N+](=O)[O-])cc1. The third kappa shape index (κ3) is 5.64. The number of rotatable bonds is 6. The number of aldehydes is 1. The smallest absolute Gasteiger partial charge is 0.408 e. The van der Waals surface area contributed by atoms with E-state index >= 15 is 0 Å². The summed E-state index contributed by atoms with van der Waals surface area (Å²) < 4.78 is 5.25. The number of nitrogens with zero attached hydrogens (tertiary/aromatic N) is 1. The molecule has 0 aromatic heterocycles. The fraction of sp³-hybridized carbons (Fsp3) is 0.529. The number of carbonyl (C=O) groups excluding carboxylic acids is 2. The van der Waals surface area contributed by atoms with E-state index in [0.717, 1.165) is 6.29 Å². The average Bonchev–Trinajstić information content (AvgIpc) is 2.44. The first-order valence-electron chi connectivity index (χ1n) is 7.74. The summed E-state index contributed by atoms with van der Waals surface area (Å²) in [7, 11) is 0. The van der Waals surface area contributed by atoms with Crippen LogP contribution in [0.1, 0.15) is 46.2 Å². The van der Waals surface area contributed by atoms with Crippen molar-refractivity contribution in [3.05, 3.63) is 39.9 Å². The molecule has 24 heavy (non-hydrogen) atoms. The van der Waals surface area contributed by atoms with Crippen molar-refractivity contribution >= 4 is 18.1 Å². The van der Waals surface area contributed by atoms with Gasteiger partial charge in [0.25, 0.3) is 5.69 Å². The van der Waals surface area contributed by atoms with Gasteiger partial charge in [-0.15, -0.1) is 0 Å². The van der Waals surface area contributed by atoms with E-state index in [9.17, 15) is 19.7 Å². The lowest BCUT2D eigenvalue weighted by Crippen LogP contribution is -2.39. The standard InChI is InChI=1S/C17H24N2O5/c1-11(2)14(10-20)15(18-16(21)24-17(3,4)5)12-6-8-13(9-7-12)19(22)23/h6-11,14-15H,1-5H3,(H,18,21)/t14-,15-/m1/s1. The number of non-ortho nitro benzene ring substituents is 1. The van der Waals surface area contributed by atoms with Crippen LogP contribution < -0.4 is 5.32 Å². The van der Waals surface area contributed by atoms with Crippen LogP contribution in [0.4, 0.5) is 10.5 Å². The minimum Gasteiger partial charge on any atom is -0.444 e. The number of alkyl carbamates (subject to hydrolysis) is 1. The maximum absolute atomic E-state index is 12.1. The van der Waals surface area contributed by atoms with E-state index in [4.69, 9.17) is 4.74 Å². The first-order chi connectivity index (χ1) is 11.0. The summed E-state index contributed by atoms with van der Waals surface area (Å²) in [6, 6.07) is 5.15. The summed E-state index contributed by atoms with van der Waals surface area (Å²) in [5.41, 5.74) is -0.113. The zero-order chi connectivity index (χ0) is 18.5. The Labute approximate surface area is 141 Å². The summed E-state index contributed by atoms with van der Waals surface area (Å²) in [6.45, 7) is 8.97. The van der Waals surface area contributed by atoms with E-state index in [1.807, 2.05) is 13.8 Å². The number of carbonyl (C=O) groups is 2. The Kier molecular flexibility index (Phi) is 6.45. The molecule has 132 valence electrons. The number of ether oxygens (including phenoxy) is 1. The van der Waals surface area contributed by atoms with Gasteiger partial charge in [-0.25, -0.2) is 4.79 Å². The summed E-state index contributed by atoms with van der Waals surface area (Å²) >= 11 is 0. The third-order valence-corrected chi connectivity index (χ3v) is 3.45. The van der Waals surface area contributed by atoms with Crippen LogP contribution >= 0.6 is 0 Å². The Balaban J connectivity index is 3.11. The van der Waals surface area contributed by atoms with Gasteiger partial charge in [-0.1, -0.05) is 26.0 Å². The molecular formula is C17H24N2O5. The van der Waals surface area contributed by atoms with Gasteiger partial charge in [0, 0.05) is 18.1 Å². The fourth-order valence-electron chi connectivity index (χ4n) is 2.26. The van der Waals surface area contributed by atoms with Crippen molar-refractivity contribution < 1.29 is 19.2 Å². The van der Waals surface area contributed by atoms with Crippen LogP contribution in [0, 0.1) is 22.0 Å². The quantitative estimate of drug-likeness (QED) is 0.486. The van der Waals surface area contributed by atoms with Crippen molar-refractivity contribution in [2.24, 2.45) is 11.8 Å². The van der Waals surface area contributed by atoms with E-state index in [0.29, 0.717) is 5.56 Å². The highest BCUT2D eigenvalue weighted by Crippen LogP contribution is 2.28. The van der Waals surface area contributed by atoms with E-state index < -0.39 is 28.6 Å². The number of amides is 1. The number of hydrogen-bond donors (Lipinski definition) is 1. The molecule has 7 heteroatoms. The second-order valence-electron chi connectivity index (χ2n) is 6.93. The van der Waals surface area contributed by atoms with Crippen LogP contribution in [-0.2, 0) is 9.53 Å². The Bertz CT molecular complexity index is 590. The minimum absolute atomic E-state index is 0.0300. The van der Waals surface area contributed by atoms with Gasteiger partial charge < -0.3 is 14.8 Å². The normalized spacial score (nSPS) is 13.9. The molecule has 1 amide bonds. The molecule has 0 aliphatic heterocycles. The topological polar surface area (TPSA) is 98.5 Å². The van der Waals surface area contributed by atoms with Crippen molar-refractivity contribution in [2.45, 2.75) is 46.3 Å². The summed E-state index contributed by atoms with van der Waals surface area (Å²) in [5, 5.41) is 13.5. The third-order valence-electron chi connectivity index (χ3n) is 3.45. The monoisotopic (exact) mass is 336 g/mol. The summed E-state index contributed by atoms with van der Waals surface area (Å²) in [6.07, 6.45) is 0.145. The van der Waals surface area contributed by atoms with Gasteiger partial charge in [0.1, 0.15) is 11.9 Å². The maximum Gasteiger partial charge on any atom is 0.408 e. The highest BCUT2D eigenvalue weighted by Gasteiger charge is 2.29. The second kappa shape index (κ2) is 7.90. The predicted octanol–water partition coefficient (Wildman–Crippen LogP) is 3.63. The summed E-state index contributed by atoms with van der Waals surface area (Å²) in [5.74, 6) is -0.517. The maximum atomic E-state index is 12.1. The van der Waals surface area contributed by atoms with Gasteiger partial charge in [-0.05, 0) is 32.3 Å². The molecule has 1 aromatic rings. The van der Waals surface area contributed by atoms with Crippen LogP contribution in [-0.4, -0.2) is 22.9 Å². The number of nitro groups is 1. The van der Waals surface area contributed by atoms with E-state index in [1.165, 1.54) is 12.1 Å². The van der Waals surface area contributed by atoms with Crippen LogP contribution in [0.3, 0.4) is 0 Å². The Morgan fingerprint density at radius 3 is 2.17 bits per heavy atom. The first-order valence-corrected chi connectivity index (χ1v) is 7.74. The van der Waals surface area contributed by atoms with Crippen molar-refractivity contribution in [3.63, 3.8) is 0 Å². The van der Waals surface area contributed by atoms with Gasteiger partial charge >= 0.3 is 6.09 Å². The molecule has 0 saturated heterocycles. The lowest BCUT2D eigenvalue weighted by molar-refractivity contribution is -0.384. The van der Waals surface area contributed by atoms with Gasteiger partial charge in [-0.2, -0.15) is 0 Å². The predicted molar refractivity (Wildman–Crippen MR) is 89.6 cm³/mol. The van der Waals surface area contributed by atoms with Crippen molar-refractivity contribution in [3.8, 4) is 0 Å². The Morgan fingerprint density at radius 1 is 1.25 bits per heavy atom. The zero-order valence-corrected chi connectivity index (χ0v) is 14.6. The molecule has 7 nitrogen and oxygen atoms in total. The summed E-state index contributed by atoms with van der Waals surface area (Å²) in [4.78, 5) is 33.9. The molecule has 2 atom stereocenters. The average molecular weight is 336 g/mol. The van der Waals surface area contributed by atoms with Gasteiger partial charge in [0.15, 0.2) is 0 Å². The molecule has 0 unspecified atom stereocenters.